The van der Waals surface area contributed by atoms with Crippen LogP contribution in [0.2, 0.25) is 0 Å². The summed E-state index contributed by atoms with van der Waals surface area (Å²) < 4.78 is 2.05. The van der Waals surface area contributed by atoms with Gasteiger partial charge in [-0.25, -0.2) is 4.98 Å². The molecule has 2 aromatic rings. The van der Waals surface area contributed by atoms with E-state index in [2.05, 4.69) is 17.2 Å². The van der Waals surface area contributed by atoms with Gasteiger partial charge >= 0.3 is 0 Å². The molecule has 0 bridgehead atoms. The van der Waals surface area contributed by atoms with Gasteiger partial charge in [0.1, 0.15) is 0 Å². The fourth-order valence-corrected chi connectivity index (χ4v) is 3.79. The van der Waals surface area contributed by atoms with E-state index in [0.29, 0.717) is 11.8 Å². The molecule has 106 valence electrons. The minimum absolute atomic E-state index is 0.314. The van der Waals surface area contributed by atoms with Crippen molar-refractivity contribution in [1.82, 2.24) is 9.38 Å². The third-order valence-electron chi connectivity index (χ3n) is 5.08. The smallest absolute Gasteiger partial charge is 0.0992 e. The molecule has 0 saturated heterocycles. The lowest BCUT2D eigenvalue weighted by Gasteiger charge is -2.28. The molecule has 0 radical (unpaired) electrons. The van der Waals surface area contributed by atoms with Crippen molar-refractivity contribution in [3.8, 4) is 0 Å². The lowest BCUT2D eigenvalue weighted by atomic mass is 9.81. The lowest BCUT2D eigenvalue weighted by Crippen LogP contribution is -2.18. The molecule has 20 heavy (non-hydrogen) atoms. The number of rotatable bonds is 3. The second-order valence-corrected chi connectivity index (χ2v) is 6.49. The Labute approximate surface area is 119 Å². The van der Waals surface area contributed by atoms with E-state index in [1.807, 2.05) is 16.9 Å². The second-order valence-electron chi connectivity index (χ2n) is 6.49. The molecule has 3 nitrogen and oxygen atoms in total. The minimum atomic E-state index is -0.314. The maximum Gasteiger partial charge on any atom is 0.0992 e. The van der Waals surface area contributed by atoms with Gasteiger partial charge < -0.3 is 9.51 Å². The summed E-state index contributed by atoms with van der Waals surface area (Å²) in [5.41, 5.74) is 3.64. The maximum absolute atomic E-state index is 11.0. The van der Waals surface area contributed by atoms with Gasteiger partial charge in [-0.05, 0) is 49.1 Å². The molecular formula is C17H22N2O. The SMILES string of the molecule is O[C@@H](c1c(C2CC2)ccn2cncc12)C1CCCCC1. The van der Waals surface area contributed by atoms with Crippen LogP contribution in [0.15, 0.2) is 24.8 Å². The van der Waals surface area contributed by atoms with Gasteiger partial charge in [0, 0.05) is 11.8 Å². The first kappa shape index (κ1) is 12.4. The summed E-state index contributed by atoms with van der Waals surface area (Å²) in [7, 11) is 0. The average Bonchev–Trinajstić information content (AvgIpc) is 3.23. The summed E-state index contributed by atoms with van der Waals surface area (Å²) >= 11 is 0. The summed E-state index contributed by atoms with van der Waals surface area (Å²) in [6.45, 7) is 0. The summed E-state index contributed by atoms with van der Waals surface area (Å²) in [4.78, 5) is 4.26. The molecule has 2 aromatic heterocycles. The molecule has 0 amide bonds. The van der Waals surface area contributed by atoms with Crippen LogP contribution in [0.25, 0.3) is 5.52 Å². The minimum Gasteiger partial charge on any atom is -0.388 e. The number of fused-ring (bicyclic) bond motifs is 1. The number of hydrogen-bond donors (Lipinski definition) is 1. The van der Waals surface area contributed by atoms with Crippen LogP contribution in [0.5, 0.6) is 0 Å². The number of hydrogen-bond acceptors (Lipinski definition) is 2. The van der Waals surface area contributed by atoms with Gasteiger partial charge in [-0.3, -0.25) is 0 Å². The van der Waals surface area contributed by atoms with Crippen molar-refractivity contribution in [2.45, 2.75) is 57.0 Å². The highest BCUT2D eigenvalue weighted by Gasteiger charge is 2.32. The van der Waals surface area contributed by atoms with E-state index >= 15 is 0 Å². The fraction of sp³-hybridized carbons (Fsp3) is 0.588. The van der Waals surface area contributed by atoms with Crippen molar-refractivity contribution in [1.29, 1.82) is 0 Å². The van der Waals surface area contributed by atoms with Crippen molar-refractivity contribution in [3.05, 3.63) is 35.9 Å². The Hall–Kier alpha value is -1.35. The van der Waals surface area contributed by atoms with E-state index in [0.717, 1.165) is 5.52 Å². The van der Waals surface area contributed by atoms with Crippen LogP contribution in [0, 0.1) is 5.92 Å². The third-order valence-corrected chi connectivity index (χ3v) is 5.08. The van der Waals surface area contributed by atoms with E-state index in [9.17, 15) is 5.11 Å². The molecular weight excluding hydrogens is 248 g/mol. The van der Waals surface area contributed by atoms with Crippen LogP contribution in [0.3, 0.4) is 0 Å². The first-order valence-corrected chi connectivity index (χ1v) is 7.97. The number of nitrogens with zero attached hydrogens (tertiary/aromatic N) is 2. The molecule has 0 spiro atoms. The number of pyridine rings is 1. The molecule has 4 rings (SSSR count). The fourth-order valence-electron chi connectivity index (χ4n) is 3.79. The van der Waals surface area contributed by atoms with Gasteiger partial charge in [0.05, 0.1) is 24.1 Å². The topological polar surface area (TPSA) is 37.5 Å². The molecule has 0 aromatic carbocycles. The number of aromatic nitrogens is 2. The van der Waals surface area contributed by atoms with Crippen molar-refractivity contribution >= 4 is 5.52 Å². The van der Waals surface area contributed by atoms with E-state index in [1.54, 1.807) is 0 Å². The Morgan fingerprint density at radius 3 is 2.70 bits per heavy atom. The largest absolute Gasteiger partial charge is 0.388 e. The Kier molecular flexibility index (Phi) is 3.03. The van der Waals surface area contributed by atoms with Crippen LogP contribution in [0.4, 0.5) is 0 Å². The van der Waals surface area contributed by atoms with Gasteiger partial charge in [-0.2, -0.15) is 0 Å². The normalized spacial score (nSPS) is 22.2. The molecule has 2 fully saturated rings. The summed E-state index contributed by atoms with van der Waals surface area (Å²) in [6.07, 6.45) is 14.3. The quantitative estimate of drug-likeness (QED) is 0.920. The van der Waals surface area contributed by atoms with Gasteiger partial charge in [0.15, 0.2) is 0 Å². The van der Waals surface area contributed by atoms with E-state index in [4.69, 9.17) is 0 Å². The standard InChI is InChI=1S/C17H22N2O/c20-17(13-4-2-1-3-5-13)16-14(12-6-7-12)8-9-19-11-18-10-15(16)19/h8-13,17,20H,1-7H2/t17-/m1/s1. The molecule has 2 aliphatic rings. The van der Waals surface area contributed by atoms with Gasteiger partial charge in [-0.1, -0.05) is 19.3 Å². The molecule has 2 heterocycles. The molecule has 0 aliphatic heterocycles. The third kappa shape index (κ3) is 2.05. The zero-order valence-corrected chi connectivity index (χ0v) is 11.8. The summed E-state index contributed by atoms with van der Waals surface area (Å²) in [6, 6.07) is 2.20. The predicted molar refractivity (Wildman–Crippen MR) is 78.7 cm³/mol. The average molecular weight is 270 g/mol. The second kappa shape index (κ2) is 4.88. The van der Waals surface area contributed by atoms with Crippen LogP contribution < -0.4 is 0 Å². The number of aliphatic hydroxyl groups is 1. The van der Waals surface area contributed by atoms with E-state index in [-0.39, 0.29) is 6.10 Å². The lowest BCUT2D eigenvalue weighted by molar-refractivity contribution is 0.0850. The molecule has 1 N–H and O–H groups in total. The monoisotopic (exact) mass is 270 g/mol. The first-order valence-electron chi connectivity index (χ1n) is 7.97. The summed E-state index contributed by atoms with van der Waals surface area (Å²) in [5.74, 6) is 1.10. The maximum atomic E-state index is 11.0. The van der Waals surface area contributed by atoms with Crippen LogP contribution in [-0.2, 0) is 0 Å². The van der Waals surface area contributed by atoms with Crippen LogP contribution >= 0.6 is 0 Å². The Bertz CT molecular complexity index is 608. The van der Waals surface area contributed by atoms with Crippen molar-refractivity contribution in [3.63, 3.8) is 0 Å². The Balaban J connectivity index is 1.79. The van der Waals surface area contributed by atoms with Crippen molar-refractivity contribution in [2.75, 3.05) is 0 Å². The van der Waals surface area contributed by atoms with Crippen molar-refractivity contribution < 1.29 is 5.11 Å². The summed E-state index contributed by atoms with van der Waals surface area (Å²) in [5, 5.41) is 11.0. The highest BCUT2D eigenvalue weighted by molar-refractivity contribution is 5.59. The molecule has 1 atom stereocenters. The zero-order valence-electron chi connectivity index (χ0n) is 11.8. The van der Waals surface area contributed by atoms with Crippen molar-refractivity contribution in [2.24, 2.45) is 5.92 Å². The van der Waals surface area contributed by atoms with Gasteiger partial charge in [0.25, 0.3) is 0 Å². The zero-order chi connectivity index (χ0) is 13.5. The van der Waals surface area contributed by atoms with Gasteiger partial charge in [-0.15, -0.1) is 0 Å². The highest BCUT2D eigenvalue weighted by Crippen LogP contribution is 2.46. The Morgan fingerprint density at radius 2 is 1.95 bits per heavy atom. The van der Waals surface area contributed by atoms with Crippen LogP contribution in [0.1, 0.15) is 68.1 Å². The molecule has 2 saturated carbocycles. The first-order chi connectivity index (χ1) is 9.84. The predicted octanol–water partition coefficient (Wildman–Crippen LogP) is 3.83. The number of imidazole rings is 1. The van der Waals surface area contributed by atoms with Crippen LogP contribution in [-0.4, -0.2) is 14.5 Å². The number of aliphatic hydroxyl groups excluding tert-OH is 1. The molecule has 0 unspecified atom stereocenters. The van der Waals surface area contributed by atoms with E-state index in [1.165, 1.54) is 56.1 Å². The highest BCUT2D eigenvalue weighted by atomic mass is 16.3. The molecule has 3 heteroatoms. The van der Waals surface area contributed by atoms with Gasteiger partial charge in [0.2, 0.25) is 0 Å². The molecule has 2 aliphatic carbocycles. The Morgan fingerprint density at radius 1 is 1.15 bits per heavy atom. The van der Waals surface area contributed by atoms with E-state index < -0.39 is 0 Å².